The molecule has 1 aromatic heterocycles. The van der Waals surface area contributed by atoms with Crippen LogP contribution >= 0.6 is 0 Å². The van der Waals surface area contributed by atoms with Crippen molar-refractivity contribution in [2.75, 3.05) is 0 Å². The van der Waals surface area contributed by atoms with E-state index >= 15 is 0 Å². The van der Waals surface area contributed by atoms with Crippen LogP contribution in [0.2, 0.25) is 0 Å². The van der Waals surface area contributed by atoms with E-state index in [-0.39, 0.29) is 16.5 Å². The molecule has 0 bridgehead atoms. The monoisotopic (exact) mass is 244 g/mol. The van der Waals surface area contributed by atoms with Gasteiger partial charge in [-0.2, -0.15) is 0 Å². The average Bonchev–Trinajstić information content (AvgIpc) is 2.47. The quantitative estimate of drug-likeness (QED) is 0.470. The van der Waals surface area contributed by atoms with Gasteiger partial charge in [-0.15, -0.1) is 5.06 Å². The zero-order valence-electron chi connectivity index (χ0n) is 9.09. The lowest BCUT2D eigenvalue weighted by Gasteiger charge is -2.11. The third-order valence-corrected chi connectivity index (χ3v) is 2.09. The molecule has 7 heteroatoms. The number of hydrogen-bond acceptors (Lipinski definition) is 6. The van der Waals surface area contributed by atoms with Crippen molar-refractivity contribution in [1.29, 1.82) is 0 Å². The van der Waals surface area contributed by atoms with Crippen LogP contribution in [0.15, 0.2) is 43.0 Å². The van der Waals surface area contributed by atoms with E-state index in [9.17, 15) is 14.8 Å². The largest absolute Gasteiger partial charge is 0.322 e. The molecule has 0 saturated heterocycles. The maximum absolute atomic E-state index is 11.7. The van der Waals surface area contributed by atoms with Gasteiger partial charge in [0.1, 0.15) is 12.7 Å². The number of imide groups is 1. The first kappa shape index (κ1) is 11.8. The highest BCUT2D eigenvalue weighted by molar-refractivity contribution is 6.07. The minimum absolute atomic E-state index is 0.0231. The molecule has 2 amide bonds. The van der Waals surface area contributed by atoms with Gasteiger partial charge in [0.25, 0.3) is 5.91 Å². The van der Waals surface area contributed by atoms with E-state index in [1.54, 1.807) is 18.2 Å². The molecule has 0 fully saturated rings. The van der Waals surface area contributed by atoms with E-state index in [4.69, 9.17) is 0 Å². The van der Waals surface area contributed by atoms with Gasteiger partial charge in [0.2, 0.25) is 5.82 Å². The zero-order chi connectivity index (χ0) is 13.0. The van der Waals surface area contributed by atoms with Gasteiger partial charge in [-0.3, -0.25) is 14.8 Å². The van der Waals surface area contributed by atoms with Crippen molar-refractivity contribution in [3.63, 3.8) is 0 Å². The molecule has 7 nitrogen and oxygen atoms in total. The van der Waals surface area contributed by atoms with Crippen molar-refractivity contribution in [2.45, 2.75) is 0 Å². The average molecular weight is 244 g/mol. The standard InChI is InChI=1S/C11H8N4O3/c16-10(8-4-2-1-3-5-8)15(18)11(17)9-13-6-12-7-14-9/h1-7,18H. The van der Waals surface area contributed by atoms with Crippen molar-refractivity contribution in [3.8, 4) is 0 Å². The molecule has 1 heterocycles. The third-order valence-electron chi connectivity index (χ3n) is 2.09. The Bertz CT molecular complexity index is 508. The molecular weight excluding hydrogens is 236 g/mol. The molecule has 0 aliphatic carbocycles. The van der Waals surface area contributed by atoms with Gasteiger partial charge in [-0.1, -0.05) is 18.2 Å². The second-order valence-electron chi connectivity index (χ2n) is 3.25. The molecule has 0 saturated carbocycles. The van der Waals surface area contributed by atoms with Gasteiger partial charge < -0.3 is 0 Å². The Morgan fingerprint density at radius 2 is 1.61 bits per heavy atom. The predicted molar refractivity (Wildman–Crippen MR) is 58.6 cm³/mol. The molecular formula is C11H8N4O3. The summed E-state index contributed by atoms with van der Waals surface area (Å²) in [5.41, 5.74) is 0.183. The highest BCUT2D eigenvalue weighted by Gasteiger charge is 2.24. The van der Waals surface area contributed by atoms with Gasteiger partial charge in [0.05, 0.1) is 0 Å². The first-order valence-corrected chi connectivity index (χ1v) is 4.95. The normalized spacial score (nSPS) is 9.83. The number of carbonyl (C=O) groups excluding carboxylic acids is 2. The van der Waals surface area contributed by atoms with Crippen LogP contribution in [0.1, 0.15) is 21.0 Å². The maximum Gasteiger partial charge on any atom is 0.322 e. The van der Waals surface area contributed by atoms with E-state index in [2.05, 4.69) is 15.0 Å². The van der Waals surface area contributed by atoms with Crippen molar-refractivity contribution < 1.29 is 14.8 Å². The summed E-state index contributed by atoms with van der Waals surface area (Å²) in [4.78, 5) is 34.0. The molecule has 0 atom stereocenters. The second kappa shape index (κ2) is 5.11. The summed E-state index contributed by atoms with van der Waals surface area (Å²) in [6.07, 6.45) is 2.20. The Morgan fingerprint density at radius 1 is 1.00 bits per heavy atom. The van der Waals surface area contributed by atoms with Crippen LogP contribution in [0, 0.1) is 0 Å². The smallest absolute Gasteiger partial charge is 0.278 e. The van der Waals surface area contributed by atoms with Crippen molar-refractivity contribution >= 4 is 11.8 Å². The molecule has 0 spiro atoms. The number of hydrogen-bond donors (Lipinski definition) is 1. The molecule has 2 rings (SSSR count). The summed E-state index contributed by atoms with van der Waals surface area (Å²) in [5, 5.41) is 9.50. The Balaban J connectivity index is 2.20. The lowest BCUT2D eigenvalue weighted by Crippen LogP contribution is -2.34. The van der Waals surface area contributed by atoms with Crippen LogP contribution in [-0.4, -0.2) is 37.0 Å². The molecule has 18 heavy (non-hydrogen) atoms. The van der Waals surface area contributed by atoms with Crippen LogP contribution in [0.4, 0.5) is 0 Å². The molecule has 0 aliphatic rings. The maximum atomic E-state index is 11.7. The minimum atomic E-state index is -1.01. The van der Waals surface area contributed by atoms with Crippen molar-refractivity contribution in [1.82, 2.24) is 20.0 Å². The predicted octanol–water partition coefficient (Wildman–Crippen LogP) is 0.543. The molecule has 0 radical (unpaired) electrons. The number of carbonyl (C=O) groups is 2. The Labute approximate surface area is 102 Å². The van der Waals surface area contributed by atoms with Crippen molar-refractivity contribution in [2.24, 2.45) is 0 Å². The second-order valence-corrected chi connectivity index (χ2v) is 3.25. The van der Waals surface area contributed by atoms with E-state index in [1.165, 1.54) is 12.1 Å². The van der Waals surface area contributed by atoms with Crippen molar-refractivity contribution in [3.05, 3.63) is 54.4 Å². The first-order valence-electron chi connectivity index (χ1n) is 4.95. The van der Waals surface area contributed by atoms with Gasteiger partial charge >= 0.3 is 5.91 Å². The number of aromatic nitrogens is 3. The third kappa shape index (κ3) is 2.36. The van der Waals surface area contributed by atoms with Crippen LogP contribution in [-0.2, 0) is 0 Å². The van der Waals surface area contributed by atoms with Crippen LogP contribution in [0.25, 0.3) is 0 Å². The van der Waals surface area contributed by atoms with Gasteiger partial charge in [0.15, 0.2) is 0 Å². The van der Waals surface area contributed by atoms with E-state index in [0.29, 0.717) is 0 Å². The summed E-state index contributed by atoms with van der Waals surface area (Å²) >= 11 is 0. The first-order chi connectivity index (χ1) is 8.70. The summed E-state index contributed by atoms with van der Waals surface area (Å²) in [5.74, 6) is -2.16. The van der Waals surface area contributed by atoms with E-state index in [1.807, 2.05) is 0 Å². The van der Waals surface area contributed by atoms with Gasteiger partial charge in [-0.05, 0) is 12.1 Å². The molecule has 1 N–H and O–H groups in total. The Hall–Kier alpha value is -2.67. The van der Waals surface area contributed by atoms with E-state index in [0.717, 1.165) is 12.7 Å². The highest BCUT2D eigenvalue weighted by atomic mass is 16.5. The molecule has 90 valence electrons. The molecule has 0 unspecified atom stereocenters. The SMILES string of the molecule is O=C(c1ccccc1)N(O)C(=O)c1ncncn1. The van der Waals surface area contributed by atoms with E-state index < -0.39 is 11.8 Å². The summed E-state index contributed by atoms with van der Waals surface area (Å²) < 4.78 is 0. The molecule has 2 aromatic rings. The molecule has 1 aromatic carbocycles. The van der Waals surface area contributed by atoms with Crippen LogP contribution in [0.5, 0.6) is 0 Å². The number of rotatable bonds is 2. The fourth-order valence-corrected chi connectivity index (χ4v) is 1.24. The fourth-order valence-electron chi connectivity index (χ4n) is 1.24. The minimum Gasteiger partial charge on any atom is -0.278 e. The number of hydroxylamine groups is 2. The highest BCUT2D eigenvalue weighted by Crippen LogP contribution is 2.05. The Kier molecular flexibility index (Phi) is 3.35. The van der Waals surface area contributed by atoms with Gasteiger partial charge in [0, 0.05) is 5.56 Å². The number of nitrogens with zero attached hydrogens (tertiary/aromatic N) is 4. The van der Waals surface area contributed by atoms with Gasteiger partial charge in [-0.25, -0.2) is 15.0 Å². The van der Waals surface area contributed by atoms with Crippen LogP contribution < -0.4 is 0 Å². The number of amides is 2. The topological polar surface area (TPSA) is 96.3 Å². The summed E-state index contributed by atoms with van der Waals surface area (Å²) in [7, 11) is 0. The molecule has 0 aliphatic heterocycles. The lowest BCUT2D eigenvalue weighted by atomic mass is 10.2. The fraction of sp³-hybridized carbons (Fsp3) is 0. The lowest BCUT2D eigenvalue weighted by molar-refractivity contribution is -0.0379. The van der Waals surface area contributed by atoms with Crippen LogP contribution in [0.3, 0.4) is 0 Å². The zero-order valence-corrected chi connectivity index (χ0v) is 9.09. The summed E-state index contributed by atoms with van der Waals surface area (Å²) in [6, 6.07) is 7.91. The number of benzene rings is 1. The Morgan fingerprint density at radius 3 is 2.22 bits per heavy atom. The summed E-state index contributed by atoms with van der Waals surface area (Å²) in [6.45, 7) is 0.